The lowest BCUT2D eigenvalue weighted by Crippen LogP contribution is -2.44. The molecule has 1 unspecified atom stereocenters. The van der Waals surface area contributed by atoms with Crippen LogP contribution in [0.2, 0.25) is 0 Å². The number of carbonyl (C=O) groups is 2. The third kappa shape index (κ3) is 2.27. The van der Waals surface area contributed by atoms with E-state index in [9.17, 15) is 9.59 Å². The average Bonchev–Trinajstić information content (AvgIpc) is 2.62. The Hall–Kier alpha value is -1.30. The monoisotopic (exact) mass is 228 g/mol. The molecule has 0 aromatic heterocycles. The summed E-state index contributed by atoms with van der Waals surface area (Å²) in [5, 5.41) is 12.2. The van der Waals surface area contributed by atoms with Gasteiger partial charge in [-0.25, -0.2) is 9.59 Å². The van der Waals surface area contributed by atoms with E-state index in [-0.39, 0.29) is 6.61 Å². The summed E-state index contributed by atoms with van der Waals surface area (Å²) in [7, 11) is 0. The molecule has 2 saturated heterocycles. The summed E-state index contributed by atoms with van der Waals surface area (Å²) in [5.41, 5.74) is 0. The van der Waals surface area contributed by atoms with Crippen LogP contribution in [0.1, 0.15) is 12.8 Å². The van der Waals surface area contributed by atoms with Crippen molar-refractivity contribution in [2.45, 2.75) is 18.9 Å². The predicted octanol–water partition coefficient (Wildman–Crippen LogP) is -0.109. The third-order valence-corrected chi connectivity index (χ3v) is 3.17. The largest absolute Gasteiger partial charge is 0.480 e. The Bertz CT molecular complexity index is 289. The number of rotatable bonds is 3. The molecule has 2 aliphatic rings. The Labute approximate surface area is 93.6 Å². The van der Waals surface area contributed by atoms with Gasteiger partial charge in [0.15, 0.2) is 6.04 Å². The molecule has 90 valence electrons. The van der Waals surface area contributed by atoms with E-state index in [0.29, 0.717) is 12.5 Å². The van der Waals surface area contributed by atoms with Crippen molar-refractivity contribution < 1.29 is 19.4 Å². The van der Waals surface area contributed by atoms with Gasteiger partial charge in [0, 0.05) is 6.54 Å². The molecule has 0 aromatic carbocycles. The summed E-state index contributed by atoms with van der Waals surface area (Å²) in [6.07, 6.45) is 1.47. The van der Waals surface area contributed by atoms with Crippen LogP contribution in [0.25, 0.3) is 0 Å². The summed E-state index contributed by atoms with van der Waals surface area (Å²) < 4.78 is 4.77. The fourth-order valence-corrected chi connectivity index (χ4v) is 2.20. The van der Waals surface area contributed by atoms with Gasteiger partial charge in [0.2, 0.25) is 0 Å². The van der Waals surface area contributed by atoms with Gasteiger partial charge in [0.05, 0.1) is 0 Å². The first-order valence-electron chi connectivity index (χ1n) is 5.55. The minimum Gasteiger partial charge on any atom is -0.480 e. The van der Waals surface area contributed by atoms with Gasteiger partial charge >= 0.3 is 12.1 Å². The molecule has 2 aliphatic heterocycles. The number of piperidine rings is 1. The Kier molecular flexibility index (Phi) is 3.28. The van der Waals surface area contributed by atoms with E-state index in [1.54, 1.807) is 0 Å². The minimum atomic E-state index is -0.986. The zero-order valence-electron chi connectivity index (χ0n) is 9.02. The number of carboxylic acid groups (broad SMARTS) is 1. The van der Waals surface area contributed by atoms with Gasteiger partial charge in [-0.2, -0.15) is 0 Å². The van der Waals surface area contributed by atoms with Crippen LogP contribution in [0, 0.1) is 5.92 Å². The van der Waals surface area contributed by atoms with Crippen LogP contribution in [-0.2, 0) is 9.53 Å². The summed E-state index contributed by atoms with van der Waals surface area (Å²) in [6, 6.07) is -0.803. The SMILES string of the molecule is O=C(O)C1COC(=O)N1CC1CCNCC1. The standard InChI is InChI=1S/C10H16N2O4/c13-9(14)8-6-16-10(15)12(8)5-7-1-3-11-4-2-7/h7-8,11H,1-6H2,(H,13,14). The van der Waals surface area contributed by atoms with Crippen LogP contribution in [0.4, 0.5) is 4.79 Å². The number of nitrogens with zero attached hydrogens (tertiary/aromatic N) is 1. The van der Waals surface area contributed by atoms with Crippen molar-refractivity contribution in [2.24, 2.45) is 5.92 Å². The molecule has 0 bridgehead atoms. The number of hydrogen-bond donors (Lipinski definition) is 2. The normalized spacial score (nSPS) is 26.9. The van der Waals surface area contributed by atoms with E-state index in [1.165, 1.54) is 4.90 Å². The molecule has 0 aliphatic carbocycles. The molecule has 0 spiro atoms. The summed E-state index contributed by atoms with van der Waals surface area (Å²) in [5.74, 6) is -0.603. The van der Waals surface area contributed by atoms with E-state index < -0.39 is 18.1 Å². The number of aliphatic carboxylic acids is 1. The van der Waals surface area contributed by atoms with Crippen LogP contribution in [0.3, 0.4) is 0 Å². The van der Waals surface area contributed by atoms with Gasteiger partial charge in [0.1, 0.15) is 6.61 Å². The molecular weight excluding hydrogens is 212 g/mol. The maximum Gasteiger partial charge on any atom is 0.410 e. The number of cyclic esters (lactones) is 1. The second-order valence-electron chi connectivity index (χ2n) is 4.28. The first kappa shape index (κ1) is 11.2. The Balaban J connectivity index is 1.95. The highest BCUT2D eigenvalue weighted by Gasteiger charge is 2.39. The molecule has 2 rings (SSSR count). The number of carbonyl (C=O) groups excluding carboxylic acids is 1. The van der Waals surface area contributed by atoms with Gasteiger partial charge in [-0.3, -0.25) is 4.90 Å². The summed E-state index contributed by atoms with van der Waals surface area (Å²) in [6.45, 7) is 2.34. The third-order valence-electron chi connectivity index (χ3n) is 3.17. The van der Waals surface area contributed by atoms with Gasteiger partial charge in [0.25, 0.3) is 0 Å². The van der Waals surface area contributed by atoms with Crippen molar-refractivity contribution in [3.63, 3.8) is 0 Å². The highest BCUT2D eigenvalue weighted by Crippen LogP contribution is 2.19. The van der Waals surface area contributed by atoms with Crippen molar-refractivity contribution in [1.82, 2.24) is 10.2 Å². The fraction of sp³-hybridized carbons (Fsp3) is 0.800. The highest BCUT2D eigenvalue weighted by molar-refractivity contribution is 5.82. The molecule has 1 atom stereocenters. The lowest BCUT2D eigenvalue weighted by atomic mass is 9.97. The maximum absolute atomic E-state index is 11.4. The van der Waals surface area contributed by atoms with E-state index >= 15 is 0 Å². The molecule has 6 heteroatoms. The van der Waals surface area contributed by atoms with Gasteiger partial charge < -0.3 is 15.2 Å². The first-order chi connectivity index (χ1) is 7.68. The van der Waals surface area contributed by atoms with E-state index in [4.69, 9.17) is 9.84 Å². The Morgan fingerprint density at radius 2 is 2.19 bits per heavy atom. The van der Waals surface area contributed by atoms with E-state index in [1.807, 2.05) is 0 Å². The predicted molar refractivity (Wildman–Crippen MR) is 55.1 cm³/mol. The topological polar surface area (TPSA) is 78.9 Å². The Morgan fingerprint density at radius 3 is 2.81 bits per heavy atom. The van der Waals surface area contributed by atoms with Gasteiger partial charge in [-0.15, -0.1) is 0 Å². The molecule has 0 radical (unpaired) electrons. The molecule has 2 heterocycles. The van der Waals surface area contributed by atoms with Crippen LogP contribution in [-0.4, -0.2) is 54.4 Å². The minimum absolute atomic E-state index is 0.0286. The summed E-state index contributed by atoms with van der Waals surface area (Å²) in [4.78, 5) is 23.6. The second-order valence-corrected chi connectivity index (χ2v) is 4.28. The summed E-state index contributed by atoms with van der Waals surface area (Å²) >= 11 is 0. The quantitative estimate of drug-likeness (QED) is 0.704. The maximum atomic E-state index is 11.4. The Morgan fingerprint density at radius 1 is 1.50 bits per heavy atom. The van der Waals surface area contributed by atoms with E-state index in [2.05, 4.69) is 5.32 Å². The molecule has 6 nitrogen and oxygen atoms in total. The van der Waals surface area contributed by atoms with Crippen LogP contribution in [0.15, 0.2) is 0 Å². The van der Waals surface area contributed by atoms with Crippen LogP contribution < -0.4 is 5.32 Å². The molecular formula is C10H16N2O4. The molecule has 0 saturated carbocycles. The highest BCUT2D eigenvalue weighted by atomic mass is 16.6. The van der Waals surface area contributed by atoms with Crippen molar-refractivity contribution >= 4 is 12.1 Å². The number of amides is 1. The zero-order valence-corrected chi connectivity index (χ0v) is 9.02. The van der Waals surface area contributed by atoms with Gasteiger partial charge in [-0.1, -0.05) is 0 Å². The van der Waals surface area contributed by atoms with Crippen molar-refractivity contribution in [1.29, 1.82) is 0 Å². The zero-order chi connectivity index (χ0) is 11.5. The van der Waals surface area contributed by atoms with Crippen molar-refractivity contribution in [3.05, 3.63) is 0 Å². The van der Waals surface area contributed by atoms with Crippen LogP contribution >= 0.6 is 0 Å². The fourth-order valence-electron chi connectivity index (χ4n) is 2.20. The smallest absolute Gasteiger partial charge is 0.410 e. The molecule has 16 heavy (non-hydrogen) atoms. The van der Waals surface area contributed by atoms with Crippen LogP contribution in [0.5, 0.6) is 0 Å². The lowest BCUT2D eigenvalue weighted by molar-refractivity contribution is -0.141. The second kappa shape index (κ2) is 4.69. The average molecular weight is 228 g/mol. The van der Waals surface area contributed by atoms with E-state index in [0.717, 1.165) is 25.9 Å². The number of hydrogen-bond acceptors (Lipinski definition) is 4. The number of ether oxygens (including phenoxy) is 1. The van der Waals surface area contributed by atoms with Gasteiger partial charge in [-0.05, 0) is 31.8 Å². The van der Waals surface area contributed by atoms with Crippen molar-refractivity contribution in [3.8, 4) is 0 Å². The molecule has 1 amide bonds. The van der Waals surface area contributed by atoms with Crippen molar-refractivity contribution in [2.75, 3.05) is 26.2 Å². The molecule has 2 N–H and O–H groups in total. The first-order valence-corrected chi connectivity index (χ1v) is 5.55. The lowest BCUT2D eigenvalue weighted by Gasteiger charge is -2.27. The number of nitrogens with one attached hydrogen (secondary N) is 1. The number of carboxylic acids is 1. The molecule has 0 aromatic rings. The molecule has 2 fully saturated rings.